The molecule has 0 aliphatic rings. The van der Waals surface area contributed by atoms with E-state index in [1.807, 2.05) is 50.2 Å². The summed E-state index contributed by atoms with van der Waals surface area (Å²) >= 11 is 1.22. The van der Waals surface area contributed by atoms with Crippen LogP contribution in [-0.2, 0) is 9.53 Å². The summed E-state index contributed by atoms with van der Waals surface area (Å²) in [6.07, 6.45) is -0.745. The number of nitrogens with zero attached hydrogens (tertiary/aromatic N) is 3. The van der Waals surface area contributed by atoms with Gasteiger partial charge in [0, 0.05) is 5.56 Å². The van der Waals surface area contributed by atoms with Gasteiger partial charge in [-0.3, -0.25) is 10.1 Å². The highest BCUT2D eigenvalue weighted by Crippen LogP contribution is 2.30. The minimum Gasteiger partial charge on any atom is -0.450 e. The van der Waals surface area contributed by atoms with Crippen LogP contribution in [0.5, 0.6) is 0 Å². The van der Waals surface area contributed by atoms with E-state index in [0.29, 0.717) is 5.16 Å². The average Bonchev–Trinajstić information content (AvgIpc) is 2.99. The topological polar surface area (TPSA) is 85.6 Å². The van der Waals surface area contributed by atoms with Gasteiger partial charge < -0.3 is 4.74 Å². The Hall–Kier alpha value is -2.87. The Morgan fingerprint density at radius 1 is 1.22 bits per heavy atom. The third kappa shape index (κ3) is 4.28. The fourth-order valence-corrected chi connectivity index (χ4v) is 3.49. The summed E-state index contributed by atoms with van der Waals surface area (Å²) < 4.78 is 6.47. The number of thioether (sulfide) groups is 1. The second kappa shape index (κ2) is 8.22. The maximum Gasteiger partial charge on any atom is 0.413 e. The van der Waals surface area contributed by atoms with E-state index in [4.69, 9.17) is 9.72 Å². The highest BCUT2D eigenvalue weighted by Gasteiger charge is 2.18. The number of ether oxygens (including phenoxy) is 1. The highest BCUT2D eigenvalue weighted by atomic mass is 32.2. The zero-order chi connectivity index (χ0) is 19.4. The molecule has 0 unspecified atom stereocenters. The molecule has 3 rings (SSSR count). The maximum atomic E-state index is 12.0. The average molecular weight is 384 g/mol. The van der Waals surface area contributed by atoms with Crippen LogP contribution in [-0.4, -0.2) is 39.0 Å². The maximum absolute atomic E-state index is 12.0. The number of hydrogen-bond acceptors (Lipinski definition) is 6. The third-order valence-electron chi connectivity index (χ3n) is 3.78. The fourth-order valence-electron chi connectivity index (χ4n) is 2.74. The summed E-state index contributed by atoms with van der Waals surface area (Å²) in [7, 11) is 0. The van der Waals surface area contributed by atoms with Crippen LogP contribution in [0.4, 0.5) is 4.79 Å². The van der Waals surface area contributed by atoms with E-state index in [-0.39, 0.29) is 12.4 Å². The molecule has 0 saturated heterocycles. The van der Waals surface area contributed by atoms with E-state index in [0.717, 1.165) is 28.0 Å². The number of aryl methyl sites for hydroxylation is 2. The zero-order valence-corrected chi connectivity index (χ0v) is 16.2. The number of rotatable bonds is 5. The normalized spacial score (nSPS) is 10.8. The van der Waals surface area contributed by atoms with Crippen molar-refractivity contribution in [1.82, 2.24) is 19.9 Å². The molecule has 0 spiro atoms. The molecule has 7 nitrogen and oxygen atoms in total. The monoisotopic (exact) mass is 384 g/mol. The number of benzene rings is 1. The number of carbonyl (C=O) groups excluding carboxylic acids is 2. The summed E-state index contributed by atoms with van der Waals surface area (Å²) in [6, 6.07) is 11.8. The number of imide groups is 1. The number of carbonyl (C=O) groups is 2. The van der Waals surface area contributed by atoms with Crippen molar-refractivity contribution in [3.8, 4) is 11.3 Å². The van der Waals surface area contributed by atoms with Gasteiger partial charge in [-0.15, -0.1) is 0 Å². The summed E-state index contributed by atoms with van der Waals surface area (Å²) in [5, 5.41) is 7.34. The molecule has 2 amide bonds. The number of hydrogen-bond donors (Lipinski definition) is 1. The van der Waals surface area contributed by atoms with E-state index >= 15 is 0 Å². The number of fused-ring (bicyclic) bond motifs is 1. The number of imidazole rings is 1. The molecule has 8 heteroatoms. The first-order valence-electron chi connectivity index (χ1n) is 8.51. The molecular formula is C19H20N4O3S. The van der Waals surface area contributed by atoms with Crippen LogP contribution in [0.15, 0.2) is 41.6 Å². The molecule has 0 radical (unpaired) electrons. The molecule has 0 atom stereocenters. The smallest absolute Gasteiger partial charge is 0.413 e. The molecule has 0 fully saturated rings. The predicted molar refractivity (Wildman–Crippen MR) is 104 cm³/mol. The second-order valence-corrected chi connectivity index (χ2v) is 6.84. The van der Waals surface area contributed by atoms with Gasteiger partial charge in [0.2, 0.25) is 5.91 Å². The molecule has 1 aromatic carbocycles. The lowest BCUT2D eigenvalue weighted by Gasteiger charge is -2.05. The molecule has 0 bridgehead atoms. The van der Waals surface area contributed by atoms with Crippen LogP contribution in [0.1, 0.15) is 18.2 Å². The van der Waals surface area contributed by atoms with Crippen LogP contribution < -0.4 is 5.32 Å². The molecule has 2 heterocycles. The van der Waals surface area contributed by atoms with Crippen LogP contribution in [0.2, 0.25) is 0 Å². The molecule has 0 aliphatic heterocycles. The van der Waals surface area contributed by atoms with Crippen molar-refractivity contribution >= 4 is 29.3 Å². The lowest BCUT2D eigenvalue weighted by atomic mass is 10.1. The second-order valence-electron chi connectivity index (χ2n) is 5.90. The Kier molecular flexibility index (Phi) is 5.75. The molecule has 1 N–H and O–H groups in total. The van der Waals surface area contributed by atoms with E-state index in [1.165, 1.54) is 11.8 Å². The molecule has 0 saturated carbocycles. The van der Waals surface area contributed by atoms with E-state index in [9.17, 15) is 9.59 Å². The summed E-state index contributed by atoms with van der Waals surface area (Å²) in [4.78, 5) is 28.0. The number of nitrogens with one attached hydrogen (secondary N) is 1. The fraction of sp³-hybridized carbons (Fsp3) is 0.263. The SMILES string of the molecule is CCOC(=O)NC(=O)CSc1nc(-c2ccccc2)c2c(C)cc(C)nn12. The van der Waals surface area contributed by atoms with Crippen molar-refractivity contribution in [2.45, 2.75) is 25.9 Å². The third-order valence-corrected chi connectivity index (χ3v) is 4.71. The van der Waals surface area contributed by atoms with Crippen LogP contribution in [0.3, 0.4) is 0 Å². The van der Waals surface area contributed by atoms with Gasteiger partial charge in [-0.2, -0.15) is 5.10 Å². The van der Waals surface area contributed by atoms with Gasteiger partial charge in [0.05, 0.1) is 29.3 Å². The van der Waals surface area contributed by atoms with Crippen LogP contribution >= 0.6 is 11.8 Å². The molecule has 0 aliphatic carbocycles. The molecular weight excluding hydrogens is 364 g/mol. The van der Waals surface area contributed by atoms with Gasteiger partial charge in [-0.05, 0) is 32.4 Å². The molecule has 140 valence electrons. The largest absolute Gasteiger partial charge is 0.450 e. The Morgan fingerprint density at radius 3 is 2.67 bits per heavy atom. The molecule has 2 aromatic heterocycles. The standard InChI is InChI=1S/C19H20N4O3S/c1-4-26-19(25)20-15(24)11-27-18-21-16(14-8-6-5-7-9-14)17-12(2)10-13(3)22-23(17)18/h5-10H,4,11H2,1-3H3,(H,20,24,25). The Morgan fingerprint density at radius 2 is 1.96 bits per heavy atom. The first-order chi connectivity index (χ1) is 13.0. The lowest BCUT2D eigenvalue weighted by Crippen LogP contribution is -2.32. The van der Waals surface area contributed by atoms with Gasteiger partial charge in [0.1, 0.15) is 0 Å². The summed E-state index contributed by atoms with van der Waals surface area (Å²) in [6.45, 7) is 5.81. The van der Waals surface area contributed by atoms with Gasteiger partial charge in [0.15, 0.2) is 5.16 Å². The minimum atomic E-state index is -0.745. The Bertz CT molecular complexity index is 986. The van der Waals surface area contributed by atoms with Crippen molar-refractivity contribution in [1.29, 1.82) is 0 Å². The number of aromatic nitrogens is 3. The van der Waals surface area contributed by atoms with Crippen LogP contribution in [0, 0.1) is 13.8 Å². The summed E-state index contributed by atoms with van der Waals surface area (Å²) in [5.74, 6) is -0.415. The highest BCUT2D eigenvalue weighted by molar-refractivity contribution is 7.99. The van der Waals surface area contributed by atoms with Crippen molar-refractivity contribution in [2.24, 2.45) is 0 Å². The molecule has 3 aromatic rings. The van der Waals surface area contributed by atoms with Gasteiger partial charge >= 0.3 is 6.09 Å². The van der Waals surface area contributed by atoms with Gasteiger partial charge in [-0.1, -0.05) is 42.1 Å². The Balaban J connectivity index is 1.92. The van der Waals surface area contributed by atoms with Crippen LogP contribution in [0.25, 0.3) is 16.8 Å². The number of amides is 2. The van der Waals surface area contributed by atoms with Crippen molar-refractivity contribution in [3.05, 3.63) is 47.7 Å². The van der Waals surface area contributed by atoms with E-state index in [1.54, 1.807) is 11.4 Å². The zero-order valence-electron chi connectivity index (χ0n) is 15.4. The number of alkyl carbamates (subject to hydrolysis) is 1. The van der Waals surface area contributed by atoms with Crippen molar-refractivity contribution in [2.75, 3.05) is 12.4 Å². The van der Waals surface area contributed by atoms with E-state index < -0.39 is 12.0 Å². The summed E-state index contributed by atoms with van der Waals surface area (Å²) in [5.41, 5.74) is 4.60. The minimum absolute atomic E-state index is 0.0286. The van der Waals surface area contributed by atoms with Gasteiger partial charge in [0.25, 0.3) is 0 Å². The van der Waals surface area contributed by atoms with Crippen molar-refractivity contribution in [3.63, 3.8) is 0 Å². The van der Waals surface area contributed by atoms with E-state index in [2.05, 4.69) is 10.4 Å². The first kappa shape index (κ1) is 18.9. The molecule has 27 heavy (non-hydrogen) atoms. The quantitative estimate of drug-likeness (QED) is 0.679. The Labute approximate surface area is 161 Å². The lowest BCUT2D eigenvalue weighted by molar-refractivity contribution is -0.117. The van der Waals surface area contributed by atoms with Gasteiger partial charge in [-0.25, -0.2) is 14.3 Å². The van der Waals surface area contributed by atoms with Crippen molar-refractivity contribution < 1.29 is 14.3 Å². The predicted octanol–water partition coefficient (Wildman–Crippen LogP) is 3.38. The first-order valence-corrected chi connectivity index (χ1v) is 9.50.